The van der Waals surface area contributed by atoms with Crippen LogP contribution in [-0.4, -0.2) is 22.9 Å². The number of aliphatic hydroxyl groups excluding tert-OH is 2. The van der Waals surface area contributed by atoms with Gasteiger partial charge in [0.25, 0.3) is 0 Å². The van der Waals surface area contributed by atoms with E-state index in [1.807, 2.05) is 6.08 Å². The van der Waals surface area contributed by atoms with Crippen molar-refractivity contribution in [2.45, 2.75) is 72.8 Å². The van der Waals surface area contributed by atoms with Crippen LogP contribution < -0.4 is 0 Å². The van der Waals surface area contributed by atoms with Gasteiger partial charge in [-0.1, -0.05) is 50.5 Å². The van der Waals surface area contributed by atoms with Gasteiger partial charge >= 0.3 is 0 Å². The molecule has 126 valence electrons. The highest BCUT2D eigenvalue weighted by atomic mass is 16.3. The van der Waals surface area contributed by atoms with Crippen LogP contribution in [0.1, 0.15) is 66.7 Å². The van der Waals surface area contributed by atoms with E-state index in [1.54, 1.807) is 0 Å². The van der Waals surface area contributed by atoms with Gasteiger partial charge in [-0.3, -0.25) is 0 Å². The molecule has 2 aliphatic rings. The van der Waals surface area contributed by atoms with Crippen LogP contribution in [0.2, 0.25) is 0 Å². The minimum absolute atomic E-state index is 0.136. The first-order valence-electron chi connectivity index (χ1n) is 8.85. The van der Waals surface area contributed by atoms with Gasteiger partial charge in [0.1, 0.15) is 0 Å². The predicted octanol–water partition coefficient (Wildman–Crippen LogP) is 4.47. The Kier molecular flexibility index (Phi) is 5.23. The summed E-state index contributed by atoms with van der Waals surface area (Å²) < 4.78 is 0. The Balaban J connectivity index is 2.28. The minimum Gasteiger partial charge on any atom is -0.392 e. The summed E-state index contributed by atoms with van der Waals surface area (Å²) in [5, 5.41) is 19.8. The number of rotatable bonds is 4. The third-order valence-electron chi connectivity index (χ3n) is 6.48. The van der Waals surface area contributed by atoms with Crippen molar-refractivity contribution in [3.63, 3.8) is 0 Å². The van der Waals surface area contributed by atoms with Crippen molar-refractivity contribution in [2.24, 2.45) is 22.7 Å². The molecule has 2 heteroatoms. The summed E-state index contributed by atoms with van der Waals surface area (Å²) in [4.78, 5) is 0. The van der Waals surface area contributed by atoms with Gasteiger partial charge in [-0.25, -0.2) is 0 Å². The van der Waals surface area contributed by atoms with E-state index in [2.05, 4.69) is 40.7 Å². The van der Waals surface area contributed by atoms with Gasteiger partial charge in [0.05, 0.1) is 12.7 Å². The van der Waals surface area contributed by atoms with E-state index < -0.39 is 0 Å². The zero-order valence-electron chi connectivity index (χ0n) is 15.0. The number of fused-ring (bicyclic) bond motifs is 1. The zero-order valence-corrected chi connectivity index (χ0v) is 15.0. The fourth-order valence-corrected chi connectivity index (χ4v) is 5.56. The molecule has 0 aromatic carbocycles. The Morgan fingerprint density at radius 1 is 1.32 bits per heavy atom. The lowest BCUT2D eigenvalue weighted by Crippen LogP contribution is -2.54. The summed E-state index contributed by atoms with van der Waals surface area (Å²) in [6, 6.07) is 0. The van der Waals surface area contributed by atoms with E-state index in [4.69, 9.17) is 5.11 Å². The van der Waals surface area contributed by atoms with Crippen molar-refractivity contribution < 1.29 is 10.2 Å². The van der Waals surface area contributed by atoms with Crippen LogP contribution in [0.3, 0.4) is 0 Å². The minimum atomic E-state index is -0.300. The Morgan fingerprint density at radius 2 is 2.00 bits per heavy atom. The van der Waals surface area contributed by atoms with E-state index in [0.717, 1.165) is 12.8 Å². The third kappa shape index (κ3) is 3.19. The number of hydrogen-bond acceptors (Lipinski definition) is 2. The summed E-state index contributed by atoms with van der Waals surface area (Å²) in [5.74, 6) is 0.895. The lowest BCUT2D eigenvalue weighted by molar-refractivity contribution is -0.0964. The molecule has 2 aliphatic carbocycles. The Labute approximate surface area is 136 Å². The molecule has 4 atom stereocenters. The summed E-state index contributed by atoms with van der Waals surface area (Å²) >= 11 is 0. The van der Waals surface area contributed by atoms with Crippen molar-refractivity contribution in [1.29, 1.82) is 0 Å². The molecule has 0 aromatic heterocycles. The van der Waals surface area contributed by atoms with Crippen molar-refractivity contribution in [1.82, 2.24) is 0 Å². The molecule has 1 saturated carbocycles. The fraction of sp³-hybridized carbons (Fsp3) is 0.800. The molecule has 22 heavy (non-hydrogen) atoms. The van der Waals surface area contributed by atoms with Crippen LogP contribution >= 0.6 is 0 Å². The molecule has 0 unspecified atom stereocenters. The van der Waals surface area contributed by atoms with E-state index in [9.17, 15) is 5.11 Å². The number of hydrogen-bond donors (Lipinski definition) is 2. The van der Waals surface area contributed by atoms with Gasteiger partial charge in [-0.05, 0) is 62.2 Å². The molecule has 2 N–H and O–H groups in total. The van der Waals surface area contributed by atoms with Gasteiger partial charge in [0.2, 0.25) is 0 Å². The standard InChI is InChI=1S/C20H34O2/c1-14(9-12-21)7-8-16-15(2)13-17(22)18-19(3,4)10-6-11-20(16,18)5/h9,13,16-18,21-22H,6-8,10-12H2,1-5H3/b14-9+/t16-,17+,18-,20+/m0/s1. The average Bonchev–Trinajstić information content (AvgIpc) is 2.36. The van der Waals surface area contributed by atoms with Crippen molar-refractivity contribution in [2.75, 3.05) is 6.61 Å². The monoisotopic (exact) mass is 306 g/mol. The van der Waals surface area contributed by atoms with Gasteiger partial charge in [0.15, 0.2) is 0 Å². The average molecular weight is 306 g/mol. The Morgan fingerprint density at radius 3 is 2.64 bits per heavy atom. The maximum atomic E-state index is 10.7. The molecule has 2 nitrogen and oxygen atoms in total. The second-order valence-corrected chi connectivity index (χ2v) is 8.55. The topological polar surface area (TPSA) is 40.5 Å². The highest BCUT2D eigenvalue weighted by Gasteiger charge is 2.54. The molecule has 0 spiro atoms. The van der Waals surface area contributed by atoms with Crippen molar-refractivity contribution in [3.8, 4) is 0 Å². The second-order valence-electron chi connectivity index (χ2n) is 8.55. The Hall–Kier alpha value is -0.600. The SMILES string of the molecule is CC1=C[C@@H](O)[C@H]2C(C)(C)CCC[C@]2(C)[C@H]1CC/C(C)=C/CO. The maximum absolute atomic E-state index is 10.7. The molecule has 0 aliphatic heterocycles. The summed E-state index contributed by atoms with van der Waals surface area (Å²) in [7, 11) is 0. The molecular formula is C20H34O2. The maximum Gasteiger partial charge on any atom is 0.0762 e. The highest BCUT2D eigenvalue weighted by Crippen LogP contribution is 2.60. The van der Waals surface area contributed by atoms with Gasteiger partial charge < -0.3 is 10.2 Å². The largest absolute Gasteiger partial charge is 0.392 e. The third-order valence-corrected chi connectivity index (χ3v) is 6.48. The lowest BCUT2D eigenvalue weighted by atomic mass is 9.47. The van der Waals surface area contributed by atoms with E-state index in [1.165, 1.54) is 30.4 Å². The van der Waals surface area contributed by atoms with Crippen LogP contribution in [0.4, 0.5) is 0 Å². The van der Waals surface area contributed by atoms with E-state index in [0.29, 0.717) is 11.8 Å². The molecular weight excluding hydrogens is 272 g/mol. The predicted molar refractivity (Wildman–Crippen MR) is 92.6 cm³/mol. The van der Waals surface area contributed by atoms with Crippen molar-refractivity contribution in [3.05, 3.63) is 23.3 Å². The molecule has 0 heterocycles. The number of allylic oxidation sites excluding steroid dienone is 2. The van der Waals surface area contributed by atoms with Gasteiger partial charge in [0, 0.05) is 0 Å². The smallest absolute Gasteiger partial charge is 0.0762 e. The quantitative estimate of drug-likeness (QED) is 0.752. The number of aliphatic hydroxyl groups is 2. The van der Waals surface area contributed by atoms with Crippen LogP contribution in [0.25, 0.3) is 0 Å². The molecule has 2 rings (SSSR count). The molecule has 1 fully saturated rings. The first-order chi connectivity index (χ1) is 10.2. The fourth-order valence-electron chi connectivity index (χ4n) is 5.56. The summed E-state index contributed by atoms with van der Waals surface area (Å²) in [6.07, 6.45) is 9.60. The first kappa shape index (κ1) is 17.7. The summed E-state index contributed by atoms with van der Waals surface area (Å²) in [5.41, 5.74) is 3.04. The van der Waals surface area contributed by atoms with Crippen molar-refractivity contribution >= 4 is 0 Å². The van der Waals surface area contributed by atoms with Crippen LogP contribution in [0.5, 0.6) is 0 Å². The Bertz CT molecular complexity index is 460. The molecule has 0 aromatic rings. The zero-order chi connectivity index (χ0) is 16.5. The summed E-state index contributed by atoms with van der Waals surface area (Å²) in [6.45, 7) is 11.5. The van der Waals surface area contributed by atoms with Crippen LogP contribution in [0, 0.1) is 22.7 Å². The second kappa shape index (κ2) is 6.49. The molecule has 0 saturated heterocycles. The van der Waals surface area contributed by atoms with Crippen LogP contribution in [-0.2, 0) is 0 Å². The first-order valence-corrected chi connectivity index (χ1v) is 8.85. The van der Waals surface area contributed by atoms with E-state index in [-0.39, 0.29) is 23.5 Å². The lowest BCUT2D eigenvalue weighted by Gasteiger charge is -2.58. The van der Waals surface area contributed by atoms with Gasteiger partial charge in [-0.15, -0.1) is 0 Å². The molecule has 0 radical (unpaired) electrons. The van der Waals surface area contributed by atoms with Gasteiger partial charge in [-0.2, -0.15) is 0 Å². The normalized spacial score (nSPS) is 38.4. The molecule has 0 bridgehead atoms. The van der Waals surface area contributed by atoms with E-state index >= 15 is 0 Å². The highest BCUT2D eigenvalue weighted by molar-refractivity contribution is 5.22. The molecule has 0 amide bonds. The van der Waals surface area contributed by atoms with Crippen LogP contribution in [0.15, 0.2) is 23.3 Å².